The third-order valence-corrected chi connectivity index (χ3v) is 5.43. The Kier molecular flexibility index (Phi) is 6.39. The molecule has 0 spiro atoms. The molecule has 4 rings (SSSR count). The van der Waals surface area contributed by atoms with E-state index >= 15 is 0 Å². The van der Waals surface area contributed by atoms with Gasteiger partial charge >= 0.3 is 6.09 Å². The molecule has 0 unspecified atom stereocenters. The van der Waals surface area contributed by atoms with E-state index in [1.165, 1.54) is 22.3 Å². The van der Waals surface area contributed by atoms with E-state index in [1.807, 2.05) is 24.3 Å². The first kappa shape index (κ1) is 21.0. The number of nitriles is 1. The fraction of sp³-hybridized carbons (Fsp3) is 0.185. The van der Waals surface area contributed by atoms with Crippen molar-refractivity contribution in [2.75, 3.05) is 20.3 Å². The summed E-state index contributed by atoms with van der Waals surface area (Å²) in [6, 6.07) is 23.7. The molecule has 3 aromatic carbocycles. The lowest BCUT2D eigenvalue weighted by atomic mass is 9.98. The fourth-order valence-corrected chi connectivity index (χ4v) is 3.89. The molecule has 0 bridgehead atoms. The molecule has 1 amide bonds. The highest BCUT2D eigenvalue weighted by Gasteiger charge is 2.28. The summed E-state index contributed by atoms with van der Waals surface area (Å²) in [4.78, 5) is 12.2. The number of amides is 1. The zero-order chi connectivity index (χ0) is 22.3. The maximum Gasteiger partial charge on any atom is 0.407 e. The molecule has 0 radical (unpaired) electrons. The first-order valence-corrected chi connectivity index (χ1v) is 10.4. The predicted molar refractivity (Wildman–Crippen MR) is 122 cm³/mol. The van der Waals surface area contributed by atoms with Crippen LogP contribution in [0.5, 0.6) is 5.75 Å². The number of alkyl carbamates (subject to hydrolysis) is 1. The zero-order valence-electron chi connectivity index (χ0n) is 17.7. The van der Waals surface area contributed by atoms with Crippen LogP contribution in [0.4, 0.5) is 4.79 Å². The summed E-state index contributed by atoms with van der Waals surface area (Å²) < 4.78 is 10.7. The molecule has 1 aliphatic carbocycles. The lowest BCUT2D eigenvalue weighted by molar-refractivity contribution is 0.143. The van der Waals surface area contributed by atoms with Crippen LogP contribution in [0.3, 0.4) is 0 Å². The van der Waals surface area contributed by atoms with E-state index in [0.717, 1.165) is 0 Å². The number of nitrogens with one attached hydrogen (secondary N) is 1. The Labute approximate surface area is 187 Å². The summed E-state index contributed by atoms with van der Waals surface area (Å²) in [7, 11) is 1.57. The van der Waals surface area contributed by atoms with Gasteiger partial charge in [0.2, 0.25) is 0 Å². The van der Waals surface area contributed by atoms with Crippen molar-refractivity contribution in [2.45, 2.75) is 12.3 Å². The standard InChI is InChI=1S/C27H22N2O3/c1-31-21-14-13-20(17-28)19(16-21)8-6-7-15-29-27(30)32-18-26-24-11-4-2-9-22(24)23-10-3-5-12-25(23)26/h2-5,9-14,16,26H,7,15,18H2,1H3,(H,29,30). The van der Waals surface area contributed by atoms with Crippen LogP contribution in [0.2, 0.25) is 0 Å². The van der Waals surface area contributed by atoms with E-state index in [4.69, 9.17) is 9.47 Å². The Bertz CT molecular complexity index is 1200. The molecule has 5 nitrogen and oxygen atoms in total. The molecule has 32 heavy (non-hydrogen) atoms. The lowest BCUT2D eigenvalue weighted by Crippen LogP contribution is -2.26. The molecular formula is C27H22N2O3. The largest absolute Gasteiger partial charge is 0.497 e. The molecule has 0 aromatic heterocycles. The van der Waals surface area contributed by atoms with Gasteiger partial charge in [0.15, 0.2) is 0 Å². The average molecular weight is 422 g/mol. The summed E-state index contributed by atoms with van der Waals surface area (Å²) in [6.07, 6.45) is -0.0283. The smallest absolute Gasteiger partial charge is 0.407 e. The van der Waals surface area contributed by atoms with Gasteiger partial charge in [-0.05, 0) is 40.5 Å². The van der Waals surface area contributed by atoms with Crippen LogP contribution in [0, 0.1) is 23.2 Å². The van der Waals surface area contributed by atoms with Crippen molar-refractivity contribution in [1.82, 2.24) is 5.32 Å². The van der Waals surface area contributed by atoms with Crippen molar-refractivity contribution >= 4 is 6.09 Å². The summed E-state index contributed by atoms with van der Waals surface area (Å²) in [5.41, 5.74) is 5.84. The minimum Gasteiger partial charge on any atom is -0.497 e. The average Bonchev–Trinajstić information content (AvgIpc) is 3.16. The van der Waals surface area contributed by atoms with Crippen LogP contribution in [0.1, 0.15) is 34.6 Å². The predicted octanol–water partition coefficient (Wildman–Crippen LogP) is 4.85. The molecule has 0 saturated carbocycles. The van der Waals surface area contributed by atoms with Gasteiger partial charge in [-0.25, -0.2) is 4.79 Å². The number of hydrogen-bond donors (Lipinski definition) is 1. The molecule has 0 saturated heterocycles. The summed E-state index contributed by atoms with van der Waals surface area (Å²) >= 11 is 0. The lowest BCUT2D eigenvalue weighted by Gasteiger charge is -2.14. The Morgan fingerprint density at radius 3 is 2.34 bits per heavy atom. The first-order chi connectivity index (χ1) is 15.7. The summed E-state index contributed by atoms with van der Waals surface area (Å²) in [6.45, 7) is 0.635. The van der Waals surface area contributed by atoms with Gasteiger partial charge in [0, 0.05) is 24.4 Å². The molecule has 3 aromatic rings. The number of rotatable bonds is 5. The molecule has 0 heterocycles. The normalized spacial score (nSPS) is 11.4. The Balaban J connectivity index is 1.30. The topological polar surface area (TPSA) is 71.3 Å². The summed E-state index contributed by atoms with van der Waals surface area (Å²) in [5.74, 6) is 6.62. The van der Waals surface area contributed by atoms with Crippen molar-refractivity contribution < 1.29 is 14.3 Å². The van der Waals surface area contributed by atoms with E-state index < -0.39 is 6.09 Å². The molecule has 0 atom stereocenters. The van der Waals surface area contributed by atoms with E-state index in [9.17, 15) is 10.1 Å². The highest BCUT2D eigenvalue weighted by molar-refractivity contribution is 5.79. The second-order valence-corrected chi connectivity index (χ2v) is 7.33. The maximum absolute atomic E-state index is 12.2. The third-order valence-electron chi connectivity index (χ3n) is 5.43. The van der Waals surface area contributed by atoms with Crippen molar-refractivity contribution in [1.29, 1.82) is 5.26 Å². The van der Waals surface area contributed by atoms with Crippen molar-refractivity contribution in [3.8, 4) is 34.8 Å². The number of carbonyl (C=O) groups is 1. The second kappa shape index (κ2) is 9.73. The van der Waals surface area contributed by atoms with Crippen LogP contribution < -0.4 is 10.1 Å². The van der Waals surface area contributed by atoms with Gasteiger partial charge < -0.3 is 14.8 Å². The van der Waals surface area contributed by atoms with E-state index in [0.29, 0.717) is 29.8 Å². The number of nitrogens with zero attached hydrogens (tertiary/aromatic N) is 1. The highest BCUT2D eigenvalue weighted by Crippen LogP contribution is 2.44. The monoisotopic (exact) mass is 422 g/mol. The highest BCUT2D eigenvalue weighted by atomic mass is 16.5. The van der Waals surface area contributed by atoms with Crippen LogP contribution in [-0.4, -0.2) is 26.4 Å². The molecule has 158 valence electrons. The second-order valence-electron chi connectivity index (χ2n) is 7.33. The minimum absolute atomic E-state index is 0.0328. The maximum atomic E-state index is 12.2. The molecule has 0 fully saturated rings. The van der Waals surface area contributed by atoms with Gasteiger partial charge in [0.25, 0.3) is 0 Å². The Hall–Kier alpha value is -4.22. The van der Waals surface area contributed by atoms with Crippen LogP contribution in [-0.2, 0) is 4.74 Å². The molecular weight excluding hydrogens is 400 g/mol. The van der Waals surface area contributed by atoms with Gasteiger partial charge in [-0.1, -0.05) is 60.4 Å². The van der Waals surface area contributed by atoms with Gasteiger partial charge in [0.1, 0.15) is 18.4 Å². The van der Waals surface area contributed by atoms with E-state index in [1.54, 1.807) is 25.3 Å². The third kappa shape index (κ3) is 4.43. The molecule has 1 aliphatic rings. The molecule has 5 heteroatoms. The van der Waals surface area contributed by atoms with Crippen LogP contribution in [0.15, 0.2) is 66.7 Å². The number of benzene rings is 3. The van der Waals surface area contributed by atoms with Crippen LogP contribution in [0.25, 0.3) is 11.1 Å². The van der Waals surface area contributed by atoms with Crippen LogP contribution >= 0.6 is 0 Å². The zero-order valence-corrected chi connectivity index (χ0v) is 17.7. The van der Waals surface area contributed by atoms with E-state index in [-0.39, 0.29) is 12.5 Å². The molecule has 1 N–H and O–H groups in total. The Morgan fingerprint density at radius 2 is 1.69 bits per heavy atom. The van der Waals surface area contributed by atoms with Crippen molar-refractivity contribution in [2.24, 2.45) is 0 Å². The van der Waals surface area contributed by atoms with Crippen molar-refractivity contribution in [3.05, 3.63) is 89.0 Å². The Morgan fingerprint density at radius 1 is 1.00 bits per heavy atom. The number of fused-ring (bicyclic) bond motifs is 3. The van der Waals surface area contributed by atoms with Gasteiger partial charge in [0.05, 0.1) is 12.7 Å². The quantitative estimate of drug-likeness (QED) is 0.471. The molecule has 0 aliphatic heterocycles. The summed E-state index contributed by atoms with van der Waals surface area (Å²) in [5, 5.41) is 11.9. The number of hydrogen-bond acceptors (Lipinski definition) is 4. The minimum atomic E-state index is -0.465. The number of carbonyl (C=O) groups excluding carboxylic acids is 1. The van der Waals surface area contributed by atoms with Gasteiger partial charge in [-0.2, -0.15) is 5.26 Å². The number of methoxy groups -OCH3 is 1. The van der Waals surface area contributed by atoms with Gasteiger partial charge in [-0.15, -0.1) is 0 Å². The fourth-order valence-electron chi connectivity index (χ4n) is 3.89. The number of ether oxygens (including phenoxy) is 2. The SMILES string of the molecule is COc1ccc(C#N)c(C#CCCNC(=O)OCC2c3ccccc3-c3ccccc32)c1. The van der Waals surface area contributed by atoms with Gasteiger partial charge in [-0.3, -0.25) is 0 Å². The first-order valence-electron chi connectivity index (χ1n) is 10.4. The van der Waals surface area contributed by atoms with E-state index in [2.05, 4.69) is 47.5 Å². The van der Waals surface area contributed by atoms with Crippen molar-refractivity contribution in [3.63, 3.8) is 0 Å².